The Morgan fingerprint density at radius 2 is 2.14 bits per heavy atom. The molecule has 0 aliphatic carbocycles. The molecule has 0 aliphatic heterocycles. The van der Waals surface area contributed by atoms with Crippen molar-refractivity contribution in [1.29, 1.82) is 0 Å². The van der Waals surface area contributed by atoms with Gasteiger partial charge in [0.05, 0.1) is 12.8 Å². The lowest BCUT2D eigenvalue weighted by Gasteiger charge is -2.10. The van der Waals surface area contributed by atoms with Crippen LogP contribution < -0.4 is 15.8 Å². The zero-order valence-corrected chi connectivity index (χ0v) is 8.55. The lowest BCUT2D eigenvalue weighted by Crippen LogP contribution is -2.08. The van der Waals surface area contributed by atoms with Crippen LogP contribution in [0.4, 0.5) is 11.4 Å². The van der Waals surface area contributed by atoms with E-state index < -0.39 is 0 Å². The lowest BCUT2D eigenvalue weighted by atomic mass is 10.1. The fourth-order valence-corrected chi connectivity index (χ4v) is 1.21. The molecule has 0 radical (unpaired) electrons. The van der Waals surface area contributed by atoms with Crippen LogP contribution in [-0.4, -0.2) is 13.0 Å². The van der Waals surface area contributed by atoms with Crippen LogP contribution in [0.3, 0.4) is 0 Å². The second-order valence-corrected chi connectivity index (χ2v) is 3.09. The summed E-state index contributed by atoms with van der Waals surface area (Å²) >= 11 is 0. The van der Waals surface area contributed by atoms with Gasteiger partial charge in [-0.2, -0.15) is 0 Å². The van der Waals surface area contributed by atoms with Crippen LogP contribution in [0.2, 0.25) is 0 Å². The topological polar surface area (TPSA) is 64.3 Å². The molecule has 4 nitrogen and oxygen atoms in total. The molecule has 1 rings (SSSR count). The molecule has 1 amide bonds. The molecule has 0 fully saturated rings. The van der Waals surface area contributed by atoms with Gasteiger partial charge in [0.25, 0.3) is 0 Å². The number of benzene rings is 1. The Morgan fingerprint density at radius 1 is 1.50 bits per heavy atom. The highest BCUT2D eigenvalue weighted by atomic mass is 16.5. The second-order valence-electron chi connectivity index (χ2n) is 3.09. The molecule has 76 valence electrons. The summed E-state index contributed by atoms with van der Waals surface area (Å²) in [4.78, 5) is 10.9. The van der Waals surface area contributed by atoms with Gasteiger partial charge in [0.2, 0.25) is 5.91 Å². The Labute approximate surface area is 83.1 Å². The largest absolute Gasteiger partial charge is 0.495 e. The van der Waals surface area contributed by atoms with E-state index >= 15 is 0 Å². The van der Waals surface area contributed by atoms with E-state index in [2.05, 4.69) is 5.32 Å². The number of nitrogens with two attached hydrogens (primary N) is 1. The predicted molar refractivity (Wildman–Crippen MR) is 56.4 cm³/mol. The molecule has 0 bridgehead atoms. The number of aryl methyl sites for hydroxylation is 1. The first kappa shape index (κ1) is 10.4. The molecular formula is C10H14N2O2. The highest BCUT2D eigenvalue weighted by molar-refractivity contribution is 5.90. The maximum atomic E-state index is 10.9. The zero-order chi connectivity index (χ0) is 10.7. The summed E-state index contributed by atoms with van der Waals surface area (Å²) in [6, 6.07) is 3.48. The maximum absolute atomic E-state index is 10.9. The predicted octanol–water partition coefficient (Wildman–Crippen LogP) is 1.54. The summed E-state index contributed by atoms with van der Waals surface area (Å²) in [5.41, 5.74) is 7.90. The Bertz CT molecular complexity index is 361. The van der Waals surface area contributed by atoms with Crippen molar-refractivity contribution in [2.24, 2.45) is 0 Å². The van der Waals surface area contributed by atoms with Crippen molar-refractivity contribution in [3.05, 3.63) is 17.7 Å². The average Bonchev–Trinajstić information content (AvgIpc) is 2.09. The Balaban J connectivity index is 3.10. The van der Waals surface area contributed by atoms with E-state index in [1.807, 2.05) is 6.92 Å². The molecule has 4 heteroatoms. The van der Waals surface area contributed by atoms with Gasteiger partial charge in [0, 0.05) is 18.7 Å². The van der Waals surface area contributed by atoms with Crippen LogP contribution in [-0.2, 0) is 4.79 Å². The van der Waals surface area contributed by atoms with E-state index in [-0.39, 0.29) is 5.91 Å². The summed E-state index contributed by atoms with van der Waals surface area (Å²) in [6.07, 6.45) is 0. The molecule has 0 aliphatic rings. The van der Waals surface area contributed by atoms with Crippen molar-refractivity contribution in [2.75, 3.05) is 18.2 Å². The van der Waals surface area contributed by atoms with Gasteiger partial charge in [0.1, 0.15) is 5.75 Å². The third-order valence-corrected chi connectivity index (χ3v) is 1.89. The first-order valence-corrected chi connectivity index (χ1v) is 4.26. The number of carbonyl (C=O) groups is 1. The molecular weight excluding hydrogens is 180 g/mol. The summed E-state index contributed by atoms with van der Waals surface area (Å²) < 4.78 is 5.05. The number of nitrogen functional groups attached to an aromatic ring is 1. The fraction of sp³-hybridized carbons (Fsp3) is 0.300. The molecule has 0 spiro atoms. The van der Waals surface area contributed by atoms with Crippen LogP contribution in [0.15, 0.2) is 12.1 Å². The molecule has 14 heavy (non-hydrogen) atoms. The minimum atomic E-state index is -0.111. The van der Waals surface area contributed by atoms with E-state index in [4.69, 9.17) is 10.5 Å². The number of hydrogen-bond acceptors (Lipinski definition) is 3. The van der Waals surface area contributed by atoms with E-state index in [0.29, 0.717) is 11.4 Å². The molecule has 0 aromatic heterocycles. The molecule has 0 heterocycles. The number of nitrogens with one attached hydrogen (secondary N) is 1. The molecule has 0 unspecified atom stereocenters. The number of amides is 1. The standard InChI is InChI=1S/C10H14N2O2/c1-6-4-8(11)10(14-3)5-9(6)12-7(2)13/h4-5H,11H2,1-3H3,(H,12,13). The smallest absolute Gasteiger partial charge is 0.221 e. The van der Waals surface area contributed by atoms with Crippen molar-refractivity contribution in [3.63, 3.8) is 0 Å². The van der Waals surface area contributed by atoms with Gasteiger partial charge in [0.15, 0.2) is 0 Å². The lowest BCUT2D eigenvalue weighted by molar-refractivity contribution is -0.114. The Kier molecular flexibility index (Phi) is 2.96. The minimum Gasteiger partial charge on any atom is -0.495 e. The van der Waals surface area contributed by atoms with Gasteiger partial charge < -0.3 is 15.8 Å². The molecule has 0 saturated heterocycles. The van der Waals surface area contributed by atoms with Gasteiger partial charge >= 0.3 is 0 Å². The fourth-order valence-electron chi connectivity index (χ4n) is 1.21. The summed E-state index contributed by atoms with van der Waals surface area (Å²) in [7, 11) is 1.54. The van der Waals surface area contributed by atoms with Gasteiger partial charge in [-0.3, -0.25) is 4.79 Å². The van der Waals surface area contributed by atoms with Gasteiger partial charge in [-0.1, -0.05) is 0 Å². The monoisotopic (exact) mass is 194 g/mol. The van der Waals surface area contributed by atoms with Crippen molar-refractivity contribution in [2.45, 2.75) is 13.8 Å². The molecule has 0 atom stereocenters. The van der Waals surface area contributed by atoms with E-state index in [0.717, 1.165) is 11.3 Å². The number of ether oxygens (including phenoxy) is 1. The normalized spacial score (nSPS) is 9.64. The number of rotatable bonds is 2. The van der Waals surface area contributed by atoms with Crippen LogP contribution in [0, 0.1) is 6.92 Å². The number of hydrogen-bond donors (Lipinski definition) is 2. The van der Waals surface area contributed by atoms with Crippen molar-refractivity contribution < 1.29 is 9.53 Å². The van der Waals surface area contributed by atoms with Gasteiger partial charge in [-0.15, -0.1) is 0 Å². The summed E-state index contributed by atoms with van der Waals surface area (Å²) in [5.74, 6) is 0.458. The number of carbonyl (C=O) groups excluding carboxylic acids is 1. The second kappa shape index (κ2) is 4.00. The molecule has 3 N–H and O–H groups in total. The van der Waals surface area contributed by atoms with E-state index in [1.165, 1.54) is 6.92 Å². The van der Waals surface area contributed by atoms with Crippen LogP contribution >= 0.6 is 0 Å². The molecule has 1 aromatic rings. The highest BCUT2D eigenvalue weighted by Gasteiger charge is 2.06. The third kappa shape index (κ3) is 2.16. The van der Waals surface area contributed by atoms with Crippen LogP contribution in [0.25, 0.3) is 0 Å². The Hall–Kier alpha value is -1.71. The molecule has 0 saturated carbocycles. The van der Waals surface area contributed by atoms with Crippen molar-refractivity contribution >= 4 is 17.3 Å². The maximum Gasteiger partial charge on any atom is 0.221 e. The molecule has 1 aromatic carbocycles. The highest BCUT2D eigenvalue weighted by Crippen LogP contribution is 2.28. The third-order valence-electron chi connectivity index (χ3n) is 1.89. The quantitative estimate of drug-likeness (QED) is 0.702. The Morgan fingerprint density at radius 3 is 2.64 bits per heavy atom. The number of anilines is 2. The first-order chi connectivity index (χ1) is 6.54. The van der Waals surface area contributed by atoms with Crippen LogP contribution in [0.5, 0.6) is 5.75 Å². The van der Waals surface area contributed by atoms with Crippen LogP contribution in [0.1, 0.15) is 12.5 Å². The number of methoxy groups -OCH3 is 1. The zero-order valence-electron chi connectivity index (χ0n) is 8.55. The summed E-state index contributed by atoms with van der Waals surface area (Å²) in [6.45, 7) is 3.34. The van der Waals surface area contributed by atoms with Crippen molar-refractivity contribution in [1.82, 2.24) is 0 Å². The van der Waals surface area contributed by atoms with Crippen molar-refractivity contribution in [3.8, 4) is 5.75 Å². The van der Waals surface area contributed by atoms with Gasteiger partial charge in [-0.25, -0.2) is 0 Å². The summed E-state index contributed by atoms with van der Waals surface area (Å²) in [5, 5.41) is 2.70. The first-order valence-electron chi connectivity index (χ1n) is 4.26. The SMILES string of the molecule is COc1cc(NC(C)=O)c(C)cc1N. The van der Waals surface area contributed by atoms with E-state index in [9.17, 15) is 4.79 Å². The van der Waals surface area contributed by atoms with E-state index in [1.54, 1.807) is 19.2 Å². The van der Waals surface area contributed by atoms with Gasteiger partial charge in [-0.05, 0) is 18.6 Å². The minimum absolute atomic E-state index is 0.111. The average molecular weight is 194 g/mol.